The van der Waals surface area contributed by atoms with Crippen LogP contribution in [0, 0.1) is 11.3 Å². The number of aromatic nitrogens is 2. The van der Waals surface area contributed by atoms with Crippen molar-refractivity contribution in [1.82, 2.24) is 15.3 Å². The molecule has 0 aliphatic carbocycles. The zero-order valence-electron chi connectivity index (χ0n) is 19.4. The number of rotatable bonds is 11. The molecule has 1 aromatic heterocycles. The molecule has 2 rings (SSSR count). The second-order valence-corrected chi connectivity index (χ2v) is 7.23. The first kappa shape index (κ1) is 26.1. The lowest BCUT2D eigenvalue weighted by Gasteiger charge is -2.20. The fourth-order valence-corrected chi connectivity index (χ4v) is 3.02. The van der Waals surface area contributed by atoms with Crippen LogP contribution < -0.4 is 16.0 Å². The molecule has 0 fully saturated rings. The first-order valence-electron chi connectivity index (χ1n) is 10.7. The molecule has 0 saturated carbocycles. The van der Waals surface area contributed by atoms with Crippen molar-refractivity contribution >= 4 is 29.4 Å². The molecule has 0 bridgehead atoms. The summed E-state index contributed by atoms with van der Waals surface area (Å²) in [4.78, 5) is 46.6. The lowest BCUT2D eigenvalue weighted by atomic mass is 10.1. The van der Waals surface area contributed by atoms with Crippen LogP contribution in [0.3, 0.4) is 0 Å². The van der Waals surface area contributed by atoms with Gasteiger partial charge in [-0.1, -0.05) is 0 Å². The summed E-state index contributed by atoms with van der Waals surface area (Å²) in [5.74, 6) is -1.46. The van der Waals surface area contributed by atoms with Gasteiger partial charge in [0.1, 0.15) is 12.1 Å². The third-order valence-corrected chi connectivity index (χ3v) is 4.74. The van der Waals surface area contributed by atoms with Gasteiger partial charge in [-0.2, -0.15) is 5.26 Å². The van der Waals surface area contributed by atoms with Crippen molar-refractivity contribution in [2.24, 2.45) is 0 Å². The Hall–Kier alpha value is -4.20. The highest BCUT2D eigenvalue weighted by Crippen LogP contribution is 2.17. The van der Waals surface area contributed by atoms with Gasteiger partial charge in [-0.3, -0.25) is 9.59 Å². The van der Waals surface area contributed by atoms with Crippen molar-refractivity contribution in [3.05, 3.63) is 47.4 Å². The predicted octanol–water partition coefficient (Wildman–Crippen LogP) is 1.57. The molecule has 0 aliphatic rings. The summed E-state index contributed by atoms with van der Waals surface area (Å²) in [5, 5.41) is 11.7. The van der Waals surface area contributed by atoms with Gasteiger partial charge in [0, 0.05) is 24.7 Å². The first-order chi connectivity index (χ1) is 16.3. The average Bonchev–Trinajstić information content (AvgIpc) is 2.83. The number of carbonyl (C=O) groups is 3. The Balaban J connectivity index is 2.04. The molecule has 3 N–H and O–H groups in total. The van der Waals surface area contributed by atoms with Crippen molar-refractivity contribution in [2.75, 3.05) is 30.9 Å². The molecule has 0 radical (unpaired) electrons. The largest absolute Gasteiger partial charge is 0.466 e. The van der Waals surface area contributed by atoms with Gasteiger partial charge in [-0.15, -0.1) is 0 Å². The SMILES string of the molecule is CCOC(=O)CC[C@H](NC(=O)c1ccc(N(C)Cc2cnc(N)c(C#N)n2)cc1)C(=O)OCC. The summed E-state index contributed by atoms with van der Waals surface area (Å²) in [6, 6.07) is 7.63. The zero-order valence-corrected chi connectivity index (χ0v) is 19.4. The minimum Gasteiger partial charge on any atom is -0.466 e. The maximum atomic E-state index is 12.7. The number of carbonyl (C=O) groups excluding carboxylic acids is 3. The van der Waals surface area contributed by atoms with Crippen LogP contribution in [0.1, 0.15) is 48.4 Å². The van der Waals surface area contributed by atoms with E-state index in [9.17, 15) is 14.4 Å². The molecule has 0 saturated heterocycles. The number of ether oxygens (including phenoxy) is 2. The van der Waals surface area contributed by atoms with Crippen LogP contribution in [0.4, 0.5) is 11.5 Å². The van der Waals surface area contributed by atoms with E-state index in [1.165, 1.54) is 6.20 Å². The number of nitrogens with one attached hydrogen (secondary N) is 1. The summed E-state index contributed by atoms with van der Waals surface area (Å²) in [6.45, 7) is 4.11. The molecule has 11 nitrogen and oxygen atoms in total. The maximum Gasteiger partial charge on any atom is 0.328 e. The standard InChI is InChI=1S/C23H28N6O5/c1-4-33-20(30)11-10-18(23(32)34-5-2)28-22(31)15-6-8-17(9-7-15)29(3)14-16-13-26-21(25)19(12-24)27-16/h6-9,13,18H,4-5,10-11,14H2,1-3H3,(H2,25,26)(H,28,31)/t18-/m0/s1. The van der Waals surface area contributed by atoms with Gasteiger partial charge in [-0.25, -0.2) is 14.8 Å². The van der Waals surface area contributed by atoms with Crippen LogP contribution in [-0.2, 0) is 25.6 Å². The Kier molecular flexibility index (Phi) is 9.76. The monoisotopic (exact) mass is 468 g/mol. The van der Waals surface area contributed by atoms with Crippen molar-refractivity contribution in [2.45, 2.75) is 39.3 Å². The fourth-order valence-electron chi connectivity index (χ4n) is 3.02. The summed E-state index contributed by atoms with van der Waals surface area (Å²) >= 11 is 0. The number of anilines is 2. The van der Waals surface area contributed by atoms with E-state index in [2.05, 4.69) is 15.3 Å². The minimum absolute atomic E-state index is 0.0249. The van der Waals surface area contributed by atoms with Gasteiger partial charge in [0.2, 0.25) is 0 Å². The normalized spacial score (nSPS) is 11.1. The average molecular weight is 469 g/mol. The number of hydrogen-bond donors (Lipinski definition) is 2. The number of esters is 2. The summed E-state index contributed by atoms with van der Waals surface area (Å²) in [5.41, 5.74) is 7.36. The van der Waals surface area contributed by atoms with Crippen molar-refractivity contribution in [3.63, 3.8) is 0 Å². The molecule has 180 valence electrons. The van der Waals surface area contributed by atoms with Gasteiger partial charge in [0.25, 0.3) is 5.91 Å². The van der Waals surface area contributed by atoms with E-state index in [4.69, 9.17) is 20.5 Å². The number of benzene rings is 1. The maximum absolute atomic E-state index is 12.7. The number of hydrogen-bond acceptors (Lipinski definition) is 10. The Morgan fingerprint density at radius 1 is 1.18 bits per heavy atom. The van der Waals surface area contributed by atoms with E-state index in [0.717, 1.165) is 5.69 Å². The molecule has 11 heteroatoms. The molecule has 34 heavy (non-hydrogen) atoms. The molecule has 0 spiro atoms. The molecular weight excluding hydrogens is 440 g/mol. The Morgan fingerprint density at radius 3 is 2.47 bits per heavy atom. The molecule has 0 unspecified atom stereocenters. The van der Waals surface area contributed by atoms with Gasteiger partial charge < -0.3 is 25.4 Å². The Bertz CT molecular complexity index is 1050. The lowest BCUT2D eigenvalue weighted by Crippen LogP contribution is -2.42. The molecule has 1 amide bonds. The molecular formula is C23H28N6O5. The summed E-state index contributed by atoms with van der Waals surface area (Å²) in [7, 11) is 1.82. The number of nitrogen functional groups attached to an aromatic ring is 1. The van der Waals surface area contributed by atoms with Crippen LogP contribution in [0.2, 0.25) is 0 Å². The molecule has 0 aliphatic heterocycles. The van der Waals surface area contributed by atoms with Gasteiger partial charge in [-0.05, 0) is 44.5 Å². The van der Waals surface area contributed by atoms with Crippen molar-refractivity contribution in [3.8, 4) is 6.07 Å². The van der Waals surface area contributed by atoms with Gasteiger partial charge in [0.15, 0.2) is 11.5 Å². The summed E-state index contributed by atoms with van der Waals surface area (Å²) < 4.78 is 9.89. The third-order valence-electron chi connectivity index (χ3n) is 4.74. The van der Waals surface area contributed by atoms with E-state index in [1.807, 2.05) is 18.0 Å². The van der Waals surface area contributed by atoms with Crippen molar-refractivity contribution in [1.29, 1.82) is 5.26 Å². The lowest BCUT2D eigenvalue weighted by molar-refractivity contribution is -0.146. The number of amides is 1. The molecule has 1 aromatic carbocycles. The Labute approximate surface area is 197 Å². The van der Waals surface area contributed by atoms with E-state index < -0.39 is 23.9 Å². The highest BCUT2D eigenvalue weighted by Gasteiger charge is 2.24. The minimum atomic E-state index is -0.974. The van der Waals surface area contributed by atoms with E-state index >= 15 is 0 Å². The highest BCUT2D eigenvalue weighted by molar-refractivity contribution is 5.97. The van der Waals surface area contributed by atoms with E-state index in [1.54, 1.807) is 38.1 Å². The second kappa shape index (κ2) is 12.7. The smallest absolute Gasteiger partial charge is 0.328 e. The fraction of sp³-hybridized carbons (Fsp3) is 0.391. The van der Waals surface area contributed by atoms with Crippen molar-refractivity contribution < 1.29 is 23.9 Å². The summed E-state index contributed by atoms with van der Waals surface area (Å²) in [6.07, 6.45) is 1.54. The topological polar surface area (TPSA) is 161 Å². The molecule has 2 aromatic rings. The van der Waals surface area contributed by atoms with Crippen LogP contribution in [0.25, 0.3) is 0 Å². The Morgan fingerprint density at radius 2 is 1.85 bits per heavy atom. The number of nitrogens with zero attached hydrogens (tertiary/aromatic N) is 4. The second-order valence-electron chi connectivity index (χ2n) is 7.23. The van der Waals surface area contributed by atoms with Gasteiger partial charge in [0.05, 0.1) is 31.6 Å². The zero-order chi connectivity index (χ0) is 25.1. The number of nitriles is 1. The first-order valence-corrected chi connectivity index (χ1v) is 10.7. The van der Waals surface area contributed by atoms with Gasteiger partial charge >= 0.3 is 11.9 Å². The highest BCUT2D eigenvalue weighted by atomic mass is 16.5. The van der Waals surface area contributed by atoms with Crippen LogP contribution >= 0.6 is 0 Å². The quantitative estimate of drug-likeness (QED) is 0.463. The molecule has 1 heterocycles. The van der Waals surface area contributed by atoms with E-state index in [0.29, 0.717) is 17.8 Å². The molecule has 1 atom stereocenters. The van der Waals surface area contributed by atoms with Crippen LogP contribution in [-0.4, -0.2) is 54.1 Å². The van der Waals surface area contributed by atoms with Crippen LogP contribution in [0.15, 0.2) is 30.5 Å². The number of nitrogens with two attached hydrogens (primary N) is 1. The van der Waals surface area contributed by atoms with E-state index in [-0.39, 0.29) is 37.6 Å². The predicted molar refractivity (Wildman–Crippen MR) is 123 cm³/mol. The van der Waals surface area contributed by atoms with Crippen LogP contribution in [0.5, 0.6) is 0 Å². The third kappa shape index (κ3) is 7.44.